The normalized spacial score (nSPS) is 33.9. The van der Waals surface area contributed by atoms with Gasteiger partial charge in [0.05, 0.1) is 0 Å². The molecule has 0 radical (unpaired) electrons. The van der Waals surface area contributed by atoms with Crippen molar-refractivity contribution in [3.8, 4) is 0 Å². The third kappa shape index (κ3) is 1.70. The lowest BCUT2D eigenvalue weighted by molar-refractivity contribution is 0.214. The number of benzene rings is 1. The van der Waals surface area contributed by atoms with E-state index in [1.807, 2.05) is 0 Å². The van der Waals surface area contributed by atoms with Crippen LogP contribution in [0.2, 0.25) is 0 Å². The first kappa shape index (κ1) is 13.1. The van der Waals surface area contributed by atoms with Crippen molar-refractivity contribution < 1.29 is 0 Å². The predicted molar refractivity (Wildman–Crippen MR) is 89.9 cm³/mol. The van der Waals surface area contributed by atoms with Gasteiger partial charge >= 0.3 is 0 Å². The van der Waals surface area contributed by atoms with Gasteiger partial charge in [-0.15, -0.1) is 0 Å². The molecular formula is C19H25N3. The molecule has 3 aliphatic rings. The minimum atomic E-state index is 0.824. The smallest absolute Gasteiger partial charge is 0.0480 e. The van der Waals surface area contributed by atoms with E-state index >= 15 is 0 Å². The molecule has 0 spiro atoms. The third-order valence-corrected chi connectivity index (χ3v) is 6.55. The van der Waals surface area contributed by atoms with Crippen LogP contribution in [0.15, 0.2) is 24.3 Å². The first-order valence-corrected chi connectivity index (χ1v) is 8.74. The van der Waals surface area contributed by atoms with E-state index in [1.165, 1.54) is 48.1 Å². The maximum absolute atomic E-state index is 3.62. The van der Waals surface area contributed by atoms with Crippen LogP contribution in [0, 0.1) is 18.8 Å². The average Bonchev–Trinajstić information content (AvgIpc) is 3.22. The molecule has 116 valence electrons. The third-order valence-electron chi connectivity index (χ3n) is 6.55. The summed E-state index contributed by atoms with van der Waals surface area (Å²) in [5, 5.41) is 5.01. The Hall–Kier alpha value is -1.32. The molecule has 2 aromatic rings. The molecule has 0 amide bonds. The summed E-state index contributed by atoms with van der Waals surface area (Å²) < 4.78 is 2.40. The zero-order valence-corrected chi connectivity index (χ0v) is 13.5. The predicted octanol–water partition coefficient (Wildman–Crippen LogP) is 2.67. The molecule has 4 atom stereocenters. The lowest BCUT2D eigenvalue weighted by atomic mass is 9.82. The van der Waals surface area contributed by atoms with Crippen LogP contribution in [0.4, 0.5) is 0 Å². The molecule has 3 heteroatoms. The second-order valence-electron chi connectivity index (χ2n) is 7.63. The lowest BCUT2D eigenvalue weighted by Crippen LogP contribution is -2.34. The molecule has 1 N–H and O–H groups in total. The summed E-state index contributed by atoms with van der Waals surface area (Å²) in [4.78, 5) is 2.83. The van der Waals surface area contributed by atoms with Crippen molar-refractivity contribution in [2.45, 2.75) is 38.4 Å². The van der Waals surface area contributed by atoms with Crippen molar-refractivity contribution in [2.75, 3.05) is 13.1 Å². The number of aryl methyl sites for hydroxylation is 2. The van der Waals surface area contributed by atoms with E-state index in [0.717, 1.165) is 30.5 Å². The van der Waals surface area contributed by atoms with Crippen LogP contribution >= 0.6 is 0 Å². The monoisotopic (exact) mass is 295 g/mol. The molecular weight excluding hydrogens is 270 g/mol. The van der Waals surface area contributed by atoms with Crippen LogP contribution < -0.4 is 5.32 Å². The van der Waals surface area contributed by atoms with Gasteiger partial charge in [-0.05, 0) is 62.9 Å². The van der Waals surface area contributed by atoms with E-state index < -0.39 is 0 Å². The second-order valence-corrected chi connectivity index (χ2v) is 7.63. The van der Waals surface area contributed by atoms with Crippen molar-refractivity contribution in [2.24, 2.45) is 18.9 Å². The fourth-order valence-corrected chi connectivity index (χ4v) is 5.50. The first-order valence-electron chi connectivity index (χ1n) is 8.74. The second kappa shape index (κ2) is 4.59. The Morgan fingerprint density at radius 3 is 2.55 bits per heavy atom. The van der Waals surface area contributed by atoms with Gasteiger partial charge in [0.1, 0.15) is 0 Å². The summed E-state index contributed by atoms with van der Waals surface area (Å²) >= 11 is 0. The fourth-order valence-electron chi connectivity index (χ4n) is 5.50. The van der Waals surface area contributed by atoms with Gasteiger partial charge < -0.3 is 9.88 Å². The largest absolute Gasteiger partial charge is 0.346 e. The van der Waals surface area contributed by atoms with Gasteiger partial charge in [0, 0.05) is 42.3 Å². The van der Waals surface area contributed by atoms with E-state index in [1.54, 1.807) is 0 Å². The van der Waals surface area contributed by atoms with Gasteiger partial charge in [-0.3, -0.25) is 4.90 Å². The minimum Gasteiger partial charge on any atom is -0.346 e. The average molecular weight is 295 g/mol. The Morgan fingerprint density at radius 2 is 1.82 bits per heavy atom. The molecule has 3 aliphatic heterocycles. The molecule has 5 rings (SSSR count). The molecule has 0 saturated carbocycles. The molecule has 2 bridgehead atoms. The summed E-state index contributed by atoms with van der Waals surface area (Å²) in [6, 6.07) is 10.9. The highest BCUT2D eigenvalue weighted by Gasteiger charge is 2.54. The zero-order chi connectivity index (χ0) is 14.8. The SMILES string of the molecule is Cc1ccc2c(c1)cc(CN1C3CCC1C1CNCC13)n2C. The van der Waals surface area contributed by atoms with Crippen LogP contribution in [0.5, 0.6) is 0 Å². The van der Waals surface area contributed by atoms with Gasteiger partial charge in [0.25, 0.3) is 0 Å². The summed E-state index contributed by atoms with van der Waals surface area (Å²) in [5.74, 6) is 1.83. The number of hydrogen-bond acceptors (Lipinski definition) is 2. The van der Waals surface area contributed by atoms with Gasteiger partial charge in [-0.25, -0.2) is 0 Å². The standard InChI is InChI=1S/C19H25N3/c1-12-3-4-17-13(7-12)8-14(21(17)2)11-22-18-5-6-19(22)16-10-20-9-15(16)18/h3-4,7-8,15-16,18-20H,5-6,9-11H2,1-2H3. The van der Waals surface area contributed by atoms with Crippen molar-refractivity contribution in [3.05, 3.63) is 35.5 Å². The topological polar surface area (TPSA) is 20.2 Å². The molecule has 22 heavy (non-hydrogen) atoms. The summed E-state index contributed by atoms with van der Waals surface area (Å²) in [5.41, 5.74) is 4.20. The van der Waals surface area contributed by atoms with Crippen molar-refractivity contribution >= 4 is 10.9 Å². The highest BCUT2D eigenvalue weighted by Crippen LogP contribution is 2.48. The molecule has 3 saturated heterocycles. The number of hydrogen-bond donors (Lipinski definition) is 1. The van der Waals surface area contributed by atoms with Crippen LogP contribution in [0.1, 0.15) is 24.1 Å². The van der Waals surface area contributed by atoms with Crippen molar-refractivity contribution in [1.29, 1.82) is 0 Å². The Morgan fingerprint density at radius 1 is 1.09 bits per heavy atom. The van der Waals surface area contributed by atoms with E-state index in [2.05, 4.69) is 53.0 Å². The molecule has 4 unspecified atom stereocenters. The van der Waals surface area contributed by atoms with E-state index in [0.29, 0.717) is 0 Å². The Kier molecular flexibility index (Phi) is 2.74. The fraction of sp³-hybridized carbons (Fsp3) is 0.579. The number of rotatable bonds is 2. The quantitative estimate of drug-likeness (QED) is 0.919. The highest BCUT2D eigenvalue weighted by molar-refractivity contribution is 5.82. The number of nitrogens with one attached hydrogen (secondary N) is 1. The lowest BCUT2D eigenvalue weighted by Gasteiger charge is -2.24. The van der Waals surface area contributed by atoms with Crippen LogP contribution in [0.25, 0.3) is 10.9 Å². The first-order chi connectivity index (χ1) is 10.7. The highest BCUT2D eigenvalue weighted by atomic mass is 15.3. The number of aromatic nitrogens is 1. The van der Waals surface area contributed by atoms with Crippen LogP contribution in [-0.4, -0.2) is 34.6 Å². The van der Waals surface area contributed by atoms with Gasteiger partial charge in [-0.1, -0.05) is 11.6 Å². The molecule has 1 aromatic carbocycles. The maximum atomic E-state index is 3.62. The molecule has 0 aliphatic carbocycles. The Bertz CT molecular complexity index is 714. The van der Waals surface area contributed by atoms with E-state index in [-0.39, 0.29) is 0 Å². The number of nitrogens with zero attached hydrogens (tertiary/aromatic N) is 2. The summed E-state index contributed by atoms with van der Waals surface area (Å²) in [6.45, 7) is 5.81. The van der Waals surface area contributed by atoms with Gasteiger partial charge in [-0.2, -0.15) is 0 Å². The van der Waals surface area contributed by atoms with Crippen LogP contribution in [-0.2, 0) is 13.6 Å². The van der Waals surface area contributed by atoms with Crippen molar-refractivity contribution in [3.63, 3.8) is 0 Å². The number of fused-ring (bicyclic) bond motifs is 6. The Balaban J connectivity index is 1.48. The van der Waals surface area contributed by atoms with Gasteiger partial charge in [0.2, 0.25) is 0 Å². The Labute approximate surface area is 132 Å². The summed E-state index contributed by atoms with van der Waals surface area (Å²) in [6.07, 6.45) is 2.83. The van der Waals surface area contributed by atoms with E-state index in [9.17, 15) is 0 Å². The van der Waals surface area contributed by atoms with Gasteiger partial charge in [0.15, 0.2) is 0 Å². The zero-order valence-electron chi connectivity index (χ0n) is 13.5. The molecule has 4 heterocycles. The molecule has 3 nitrogen and oxygen atoms in total. The summed E-state index contributed by atoms with van der Waals surface area (Å²) in [7, 11) is 2.23. The van der Waals surface area contributed by atoms with Crippen molar-refractivity contribution in [1.82, 2.24) is 14.8 Å². The maximum Gasteiger partial charge on any atom is 0.0480 e. The molecule has 3 fully saturated rings. The van der Waals surface area contributed by atoms with Crippen LogP contribution in [0.3, 0.4) is 0 Å². The minimum absolute atomic E-state index is 0.824. The van der Waals surface area contributed by atoms with E-state index in [4.69, 9.17) is 0 Å². The molecule has 1 aromatic heterocycles.